The number of nitrogens with one attached hydrogen (secondary N) is 1. The summed E-state index contributed by atoms with van der Waals surface area (Å²) < 4.78 is 1.92. The van der Waals surface area contributed by atoms with Crippen LogP contribution in [-0.4, -0.2) is 28.7 Å². The lowest BCUT2D eigenvalue weighted by atomic mass is 10.3. The fourth-order valence-corrected chi connectivity index (χ4v) is 1.45. The fourth-order valence-electron chi connectivity index (χ4n) is 0.920. The van der Waals surface area contributed by atoms with Gasteiger partial charge >= 0.3 is 0 Å². The van der Waals surface area contributed by atoms with Gasteiger partial charge < -0.3 is 5.32 Å². The number of halogens is 1. The molecular formula is C5H9IN2O. The smallest absolute Gasteiger partial charge is 0.238 e. The van der Waals surface area contributed by atoms with Crippen molar-refractivity contribution in [3.05, 3.63) is 0 Å². The van der Waals surface area contributed by atoms with Gasteiger partial charge in [-0.1, -0.05) is 0 Å². The molecule has 0 spiro atoms. The molecule has 0 bridgehead atoms. The average molecular weight is 240 g/mol. The predicted molar refractivity (Wildman–Crippen MR) is 43.2 cm³/mol. The highest BCUT2D eigenvalue weighted by atomic mass is 127. The third-order valence-electron chi connectivity index (χ3n) is 1.45. The number of amides is 1. The van der Waals surface area contributed by atoms with Gasteiger partial charge in [0.1, 0.15) is 0 Å². The van der Waals surface area contributed by atoms with Crippen molar-refractivity contribution in [2.45, 2.75) is 12.5 Å². The number of hydrogen-bond acceptors (Lipinski definition) is 2. The molecule has 3 nitrogen and oxygen atoms in total. The molecule has 1 heterocycles. The second-order valence-electron chi connectivity index (χ2n) is 2.12. The first-order valence-corrected chi connectivity index (χ1v) is 3.84. The zero-order valence-corrected chi connectivity index (χ0v) is 7.38. The molecule has 1 aliphatic rings. The summed E-state index contributed by atoms with van der Waals surface area (Å²) in [6.07, 6.45) is 0.943. The van der Waals surface area contributed by atoms with E-state index in [0.29, 0.717) is 0 Å². The topological polar surface area (TPSA) is 32.3 Å². The molecule has 4 heteroatoms. The molecule has 1 N–H and O–H groups in total. The van der Waals surface area contributed by atoms with Crippen molar-refractivity contribution < 1.29 is 4.79 Å². The van der Waals surface area contributed by atoms with Gasteiger partial charge in [-0.05, 0) is 13.5 Å². The largest absolute Gasteiger partial charge is 0.355 e. The second-order valence-corrected chi connectivity index (χ2v) is 3.64. The van der Waals surface area contributed by atoms with Crippen LogP contribution in [0, 0.1) is 0 Å². The van der Waals surface area contributed by atoms with Crippen LogP contribution in [0.3, 0.4) is 0 Å². The van der Waals surface area contributed by atoms with Crippen LogP contribution in [0.5, 0.6) is 0 Å². The molecule has 1 saturated heterocycles. The van der Waals surface area contributed by atoms with Crippen LogP contribution in [0.1, 0.15) is 6.42 Å². The zero-order chi connectivity index (χ0) is 6.85. The molecule has 1 fully saturated rings. The Bertz CT molecular complexity index is 126. The molecule has 9 heavy (non-hydrogen) atoms. The van der Waals surface area contributed by atoms with Gasteiger partial charge in [0, 0.05) is 29.4 Å². The van der Waals surface area contributed by atoms with Crippen molar-refractivity contribution in [2.24, 2.45) is 0 Å². The van der Waals surface area contributed by atoms with Crippen LogP contribution in [-0.2, 0) is 4.79 Å². The van der Waals surface area contributed by atoms with E-state index >= 15 is 0 Å². The molecule has 1 aliphatic heterocycles. The van der Waals surface area contributed by atoms with Gasteiger partial charge in [0.15, 0.2) is 0 Å². The summed E-state index contributed by atoms with van der Waals surface area (Å²) >= 11 is 2.13. The highest BCUT2D eigenvalue weighted by Gasteiger charge is 2.26. The number of carbonyl (C=O) groups is 1. The Morgan fingerprint density at radius 3 is 2.78 bits per heavy atom. The first kappa shape index (κ1) is 7.27. The van der Waals surface area contributed by atoms with Crippen molar-refractivity contribution >= 4 is 28.8 Å². The first-order chi connectivity index (χ1) is 4.22. The molecule has 1 atom stereocenters. The lowest BCUT2D eigenvalue weighted by Gasteiger charge is -2.11. The van der Waals surface area contributed by atoms with E-state index in [-0.39, 0.29) is 11.9 Å². The van der Waals surface area contributed by atoms with Crippen LogP contribution in [0.2, 0.25) is 0 Å². The molecule has 52 valence electrons. The highest BCUT2D eigenvalue weighted by Crippen LogP contribution is 2.10. The van der Waals surface area contributed by atoms with Gasteiger partial charge in [0.25, 0.3) is 0 Å². The molecular weight excluding hydrogens is 231 g/mol. The third-order valence-corrected chi connectivity index (χ3v) is 2.12. The maximum absolute atomic E-state index is 10.9. The maximum Gasteiger partial charge on any atom is 0.238 e. The summed E-state index contributed by atoms with van der Waals surface area (Å²) in [4.78, 5) is 10.9. The van der Waals surface area contributed by atoms with E-state index in [1.807, 2.05) is 10.2 Å². The van der Waals surface area contributed by atoms with Crippen molar-refractivity contribution in [3.8, 4) is 0 Å². The Balaban J connectivity index is 2.49. The number of rotatable bonds is 1. The van der Waals surface area contributed by atoms with Crippen molar-refractivity contribution in [3.63, 3.8) is 0 Å². The van der Waals surface area contributed by atoms with Crippen molar-refractivity contribution in [1.29, 1.82) is 0 Å². The SMILES string of the molecule is CN(I)C1CCNC1=O. The first-order valence-electron chi connectivity index (χ1n) is 2.88. The summed E-state index contributed by atoms with van der Waals surface area (Å²) in [7, 11) is 1.91. The van der Waals surface area contributed by atoms with E-state index in [2.05, 4.69) is 28.2 Å². The van der Waals surface area contributed by atoms with E-state index in [1.54, 1.807) is 0 Å². The summed E-state index contributed by atoms with van der Waals surface area (Å²) in [5.41, 5.74) is 0. The summed E-state index contributed by atoms with van der Waals surface area (Å²) in [6, 6.07) is 0.102. The number of hydrogen-bond donors (Lipinski definition) is 1. The van der Waals surface area contributed by atoms with Crippen LogP contribution < -0.4 is 5.32 Å². The van der Waals surface area contributed by atoms with Crippen molar-refractivity contribution in [1.82, 2.24) is 8.43 Å². The lowest BCUT2D eigenvalue weighted by molar-refractivity contribution is -0.121. The van der Waals surface area contributed by atoms with Crippen LogP contribution in [0.15, 0.2) is 0 Å². The normalized spacial score (nSPS) is 27.0. The quantitative estimate of drug-likeness (QED) is 0.523. The third kappa shape index (κ3) is 1.54. The van der Waals surface area contributed by atoms with Crippen LogP contribution >= 0.6 is 22.9 Å². The Hall–Kier alpha value is 0.160. The second kappa shape index (κ2) is 2.83. The van der Waals surface area contributed by atoms with E-state index in [0.717, 1.165) is 13.0 Å². The molecule has 1 rings (SSSR count). The molecule has 0 radical (unpaired) electrons. The van der Waals surface area contributed by atoms with Crippen LogP contribution in [0.4, 0.5) is 0 Å². The van der Waals surface area contributed by atoms with Gasteiger partial charge in [0.2, 0.25) is 5.91 Å². The van der Waals surface area contributed by atoms with Crippen molar-refractivity contribution in [2.75, 3.05) is 13.6 Å². The Labute approximate surface area is 68.3 Å². The Kier molecular flexibility index (Phi) is 2.29. The zero-order valence-electron chi connectivity index (χ0n) is 5.22. The molecule has 0 aromatic heterocycles. The minimum Gasteiger partial charge on any atom is -0.355 e. The standard InChI is InChI=1S/C5H9IN2O/c1-8(6)4-2-3-7-5(4)9/h4H,2-3H2,1H3,(H,7,9). The molecule has 0 aromatic carbocycles. The monoisotopic (exact) mass is 240 g/mol. The summed E-state index contributed by atoms with van der Waals surface area (Å²) in [6.45, 7) is 0.830. The maximum atomic E-state index is 10.9. The van der Waals surface area contributed by atoms with E-state index in [9.17, 15) is 4.79 Å². The number of nitrogens with zero attached hydrogens (tertiary/aromatic N) is 1. The Morgan fingerprint density at radius 1 is 1.89 bits per heavy atom. The minimum absolute atomic E-state index is 0.102. The summed E-state index contributed by atoms with van der Waals surface area (Å²) in [5, 5.41) is 2.77. The van der Waals surface area contributed by atoms with Crippen LogP contribution in [0.25, 0.3) is 0 Å². The summed E-state index contributed by atoms with van der Waals surface area (Å²) in [5.74, 6) is 0.159. The number of carbonyl (C=O) groups excluding carboxylic acids is 1. The molecule has 1 amide bonds. The van der Waals surface area contributed by atoms with E-state index in [1.165, 1.54) is 0 Å². The lowest BCUT2D eigenvalue weighted by Crippen LogP contribution is -2.31. The van der Waals surface area contributed by atoms with Gasteiger partial charge in [-0.25, -0.2) is 3.11 Å². The highest BCUT2D eigenvalue weighted by molar-refractivity contribution is 14.1. The van der Waals surface area contributed by atoms with E-state index in [4.69, 9.17) is 0 Å². The molecule has 0 aromatic rings. The average Bonchev–Trinajstić information content (AvgIpc) is 2.13. The molecule has 0 saturated carbocycles. The van der Waals surface area contributed by atoms with Gasteiger partial charge in [-0.3, -0.25) is 4.79 Å². The fraction of sp³-hybridized carbons (Fsp3) is 0.800. The molecule has 1 unspecified atom stereocenters. The minimum atomic E-state index is 0.102. The van der Waals surface area contributed by atoms with Gasteiger partial charge in [0.05, 0.1) is 6.04 Å². The predicted octanol–water partition coefficient (Wildman–Crippen LogP) is 0.157. The molecule has 0 aliphatic carbocycles. The Morgan fingerprint density at radius 2 is 2.56 bits per heavy atom. The number of likely N-dealkylation sites (N-methyl/N-ethyl adjacent to an activating group) is 1. The van der Waals surface area contributed by atoms with Gasteiger partial charge in [-0.15, -0.1) is 0 Å². The van der Waals surface area contributed by atoms with E-state index < -0.39 is 0 Å². The van der Waals surface area contributed by atoms with Gasteiger partial charge in [-0.2, -0.15) is 0 Å².